The highest BCUT2D eigenvalue weighted by Crippen LogP contribution is 2.32. The molecule has 0 aliphatic carbocycles. The fourth-order valence-corrected chi connectivity index (χ4v) is 3.64. The standard InChI is InChI=1S/C12H22N4O3S/c1-9-4-3-5-15(8-9)12-10(20(2,18)19)11(13)16(14-12)6-7-17/h9,17H,3-8,13H2,1-2H3. The van der Waals surface area contributed by atoms with E-state index in [0.717, 1.165) is 32.2 Å². The normalized spacial score (nSPS) is 20.4. The first-order valence-electron chi connectivity index (χ1n) is 6.76. The fourth-order valence-electron chi connectivity index (χ4n) is 2.65. The first kappa shape index (κ1) is 15.1. The molecule has 1 saturated heterocycles. The number of anilines is 2. The molecule has 7 nitrogen and oxygen atoms in total. The Labute approximate surface area is 119 Å². The molecule has 8 heteroatoms. The lowest BCUT2D eigenvalue weighted by atomic mass is 10.0. The van der Waals surface area contributed by atoms with Crippen LogP contribution >= 0.6 is 0 Å². The largest absolute Gasteiger partial charge is 0.394 e. The number of nitrogens with zero attached hydrogens (tertiary/aromatic N) is 3. The molecular formula is C12H22N4O3S. The summed E-state index contributed by atoms with van der Waals surface area (Å²) in [6.45, 7) is 3.75. The van der Waals surface area contributed by atoms with Crippen LogP contribution in [0.4, 0.5) is 11.6 Å². The third-order valence-electron chi connectivity index (χ3n) is 3.57. The molecule has 0 saturated carbocycles. The van der Waals surface area contributed by atoms with Gasteiger partial charge >= 0.3 is 0 Å². The number of aliphatic hydroxyl groups excluding tert-OH is 1. The molecule has 1 fully saturated rings. The van der Waals surface area contributed by atoms with Gasteiger partial charge in [0.2, 0.25) is 0 Å². The molecule has 1 atom stereocenters. The van der Waals surface area contributed by atoms with E-state index in [9.17, 15) is 8.42 Å². The molecular weight excluding hydrogens is 280 g/mol. The van der Waals surface area contributed by atoms with Gasteiger partial charge in [-0.3, -0.25) is 0 Å². The summed E-state index contributed by atoms with van der Waals surface area (Å²) in [5.41, 5.74) is 5.90. The van der Waals surface area contributed by atoms with Crippen molar-refractivity contribution in [3.05, 3.63) is 0 Å². The van der Waals surface area contributed by atoms with Gasteiger partial charge in [-0.05, 0) is 18.8 Å². The minimum absolute atomic E-state index is 0.0834. The van der Waals surface area contributed by atoms with Gasteiger partial charge in [0, 0.05) is 19.3 Å². The molecule has 114 valence electrons. The Morgan fingerprint density at radius 3 is 2.75 bits per heavy atom. The highest BCUT2D eigenvalue weighted by molar-refractivity contribution is 7.91. The van der Waals surface area contributed by atoms with Gasteiger partial charge in [-0.1, -0.05) is 6.92 Å². The van der Waals surface area contributed by atoms with Gasteiger partial charge < -0.3 is 15.7 Å². The molecule has 20 heavy (non-hydrogen) atoms. The average molecular weight is 302 g/mol. The van der Waals surface area contributed by atoms with Crippen molar-refractivity contribution in [3.8, 4) is 0 Å². The first-order chi connectivity index (χ1) is 9.34. The van der Waals surface area contributed by atoms with Crippen molar-refractivity contribution in [2.24, 2.45) is 5.92 Å². The van der Waals surface area contributed by atoms with E-state index in [1.54, 1.807) is 0 Å². The second-order valence-corrected chi connectivity index (χ2v) is 7.40. The van der Waals surface area contributed by atoms with E-state index in [4.69, 9.17) is 10.8 Å². The quantitative estimate of drug-likeness (QED) is 0.818. The maximum Gasteiger partial charge on any atom is 0.182 e. The predicted octanol–water partition coefficient (Wildman–Crippen LogP) is 0.0974. The van der Waals surface area contributed by atoms with Crippen molar-refractivity contribution in [1.29, 1.82) is 0 Å². The summed E-state index contributed by atoms with van der Waals surface area (Å²) in [4.78, 5) is 2.06. The number of aromatic nitrogens is 2. The maximum absolute atomic E-state index is 12.0. The molecule has 1 aromatic rings. The van der Waals surface area contributed by atoms with Crippen LogP contribution in [0.2, 0.25) is 0 Å². The lowest BCUT2D eigenvalue weighted by Crippen LogP contribution is -2.35. The van der Waals surface area contributed by atoms with E-state index >= 15 is 0 Å². The van der Waals surface area contributed by atoms with E-state index < -0.39 is 9.84 Å². The van der Waals surface area contributed by atoms with Crippen molar-refractivity contribution < 1.29 is 13.5 Å². The number of nitrogens with two attached hydrogens (primary N) is 1. The Bertz CT molecular complexity index is 582. The minimum Gasteiger partial charge on any atom is -0.394 e. The molecule has 2 heterocycles. The van der Waals surface area contributed by atoms with Gasteiger partial charge in [0.15, 0.2) is 20.6 Å². The molecule has 1 aliphatic heterocycles. The monoisotopic (exact) mass is 302 g/mol. The van der Waals surface area contributed by atoms with Crippen LogP contribution < -0.4 is 10.6 Å². The second kappa shape index (κ2) is 5.61. The van der Waals surface area contributed by atoms with Crippen molar-refractivity contribution in [2.45, 2.75) is 31.2 Å². The van der Waals surface area contributed by atoms with Gasteiger partial charge in [0.05, 0.1) is 13.2 Å². The molecule has 0 amide bonds. The number of sulfone groups is 1. The zero-order chi connectivity index (χ0) is 14.9. The molecule has 3 N–H and O–H groups in total. The van der Waals surface area contributed by atoms with Crippen molar-refractivity contribution in [2.75, 3.05) is 36.6 Å². The third kappa shape index (κ3) is 2.90. The summed E-state index contributed by atoms with van der Waals surface area (Å²) < 4.78 is 25.4. The van der Waals surface area contributed by atoms with Crippen LogP contribution in [0.25, 0.3) is 0 Å². The van der Waals surface area contributed by atoms with Gasteiger partial charge in [0.1, 0.15) is 5.82 Å². The summed E-state index contributed by atoms with van der Waals surface area (Å²) in [5.74, 6) is 1.03. The smallest absolute Gasteiger partial charge is 0.182 e. The van der Waals surface area contributed by atoms with E-state index in [1.165, 1.54) is 4.68 Å². The Morgan fingerprint density at radius 1 is 1.50 bits per heavy atom. The maximum atomic E-state index is 12.0. The zero-order valence-electron chi connectivity index (χ0n) is 11.9. The van der Waals surface area contributed by atoms with Gasteiger partial charge in [-0.15, -0.1) is 0 Å². The minimum atomic E-state index is -3.46. The van der Waals surface area contributed by atoms with Gasteiger partial charge in [-0.25, -0.2) is 13.1 Å². The summed E-state index contributed by atoms with van der Waals surface area (Å²) in [5, 5.41) is 13.3. The number of aliphatic hydroxyl groups is 1. The highest BCUT2D eigenvalue weighted by atomic mass is 32.2. The summed E-state index contributed by atoms with van der Waals surface area (Å²) in [6.07, 6.45) is 3.29. The topological polar surface area (TPSA) is 101 Å². The van der Waals surface area contributed by atoms with Crippen molar-refractivity contribution >= 4 is 21.5 Å². The Kier molecular flexibility index (Phi) is 4.24. The van der Waals surface area contributed by atoms with Crippen LogP contribution in [0.1, 0.15) is 19.8 Å². The molecule has 1 aromatic heterocycles. The fraction of sp³-hybridized carbons (Fsp3) is 0.750. The van der Waals surface area contributed by atoms with E-state index in [1.807, 2.05) is 4.90 Å². The predicted molar refractivity (Wildman–Crippen MR) is 77.4 cm³/mol. The molecule has 1 unspecified atom stereocenters. The molecule has 0 bridgehead atoms. The van der Waals surface area contributed by atoms with E-state index in [0.29, 0.717) is 11.7 Å². The Morgan fingerprint density at radius 2 is 2.20 bits per heavy atom. The van der Waals surface area contributed by atoms with Crippen LogP contribution in [0, 0.1) is 5.92 Å². The Balaban J connectivity index is 2.48. The van der Waals surface area contributed by atoms with Crippen molar-refractivity contribution in [3.63, 3.8) is 0 Å². The average Bonchev–Trinajstić information content (AvgIpc) is 2.67. The molecule has 0 aromatic carbocycles. The molecule has 0 radical (unpaired) electrons. The third-order valence-corrected chi connectivity index (χ3v) is 4.70. The highest BCUT2D eigenvalue weighted by Gasteiger charge is 2.29. The van der Waals surface area contributed by atoms with Crippen LogP contribution in [0.15, 0.2) is 4.90 Å². The van der Waals surface area contributed by atoms with Crippen molar-refractivity contribution in [1.82, 2.24) is 9.78 Å². The summed E-state index contributed by atoms with van der Waals surface area (Å²) >= 11 is 0. The van der Waals surface area contributed by atoms with E-state index in [-0.39, 0.29) is 23.9 Å². The SMILES string of the molecule is CC1CCCN(c2nn(CCO)c(N)c2S(C)(=O)=O)C1. The van der Waals surface area contributed by atoms with Crippen LogP contribution in [0.3, 0.4) is 0 Å². The number of hydrogen-bond acceptors (Lipinski definition) is 6. The molecule has 0 spiro atoms. The number of rotatable bonds is 4. The lowest BCUT2D eigenvalue weighted by molar-refractivity contribution is 0.270. The number of hydrogen-bond donors (Lipinski definition) is 2. The van der Waals surface area contributed by atoms with Gasteiger partial charge in [-0.2, -0.15) is 5.10 Å². The number of nitrogen functional groups attached to an aromatic ring is 1. The molecule has 1 aliphatic rings. The van der Waals surface area contributed by atoms with Crippen LogP contribution in [-0.4, -0.2) is 49.3 Å². The second-order valence-electron chi connectivity index (χ2n) is 5.45. The Hall–Kier alpha value is -1.28. The summed E-state index contributed by atoms with van der Waals surface area (Å²) in [6, 6.07) is 0. The zero-order valence-corrected chi connectivity index (χ0v) is 12.7. The lowest BCUT2D eigenvalue weighted by Gasteiger charge is -2.31. The summed E-state index contributed by atoms with van der Waals surface area (Å²) in [7, 11) is -3.46. The molecule has 2 rings (SSSR count). The van der Waals surface area contributed by atoms with E-state index in [2.05, 4.69) is 12.0 Å². The van der Waals surface area contributed by atoms with Crippen LogP contribution in [-0.2, 0) is 16.4 Å². The van der Waals surface area contributed by atoms with Crippen LogP contribution in [0.5, 0.6) is 0 Å². The van der Waals surface area contributed by atoms with Gasteiger partial charge in [0.25, 0.3) is 0 Å². The number of piperidine rings is 1. The first-order valence-corrected chi connectivity index (χ1v) is 8.66.